The number of carbonyl (C=O) groups is 1. The number of fused-ring (bicyclic) bond motifs is 1. The molecule has 1 saturated heterocycles. The van der Waals surface area contributed by atoms with Crippen molar-refractivity contribution >= 4 is 17.2 Å². The van der Waals surface area contributed by atoms with Crippen molar-refractivity contribution in [3.05, 3.63) is 78.4 Å². The average molecular weight is 562 g/mol. The van der Waals surface area contributed by atoms with Crippen LogP contribution in [0.3, 0.4) is 0 Å². The summed E-state index contributed by atoms with van der Waals surface area (Å²) in [6, 6.07) is 10.8. The fraction of sp³-hybridized carbons (Fsp3) is 0.200. The molecule has 0 atom stereocenters. The number of rotatable bonds is 4. The molecule has 208 valence electrons. The number of ether oxygens (including phenoxy) is 1. The van der Waals surface area contributed by atoms with Crippen LogP contribution in [0.4, 0.5) is 10.2 Å². The first-order chi connectivity index (χ1) is 20.4. The molecule has 12 heteroatoms. The van der Waals surface area contributed by atoms with Gasteiger partial charge in [-0.2, -0.15) is 24.8 Å². The topological polar surface area (TPSA) is 117 Å². The summed E-state index contributed by atoms with van der Waals surface area (Å²) in [4.78, 5) is 24.7. The number of pyridine rings is 3. The highest BCUT2D eigenvalue weighted by Crippen LogP contribution is 2.32. The van der Waals surface area contributed by atoms with E-state index < -0.39 is 5.95 Å². The quantitative estimate of drug-likeness (QED) is 0.243. The number of nitrogens with zero attached hydrogens (tertiary/aromatic N) is 9. The molecule has 6 rings (SSSR count). The third-order valence-corrected chi connectivity index (χ3v) is 7.01. The van der Waals surface area contributed by atoms with E-state index in [0.29, 0.717) is 42.8 Å². The van der Waals surface area contributed by atoms with Crippen LogP contribution in [-0.2, 0) is 11.8 Å². The van der Waals surface area contributed by atoms with Gasteiger partial charge in [0.2, 0.25) is 11.8 Å². The Hall–Kier alpha value is -5.75. The normalized spacial score (nSPS) is 13.0. The molecule has 5 aromatic heterocycles. The Bertz CT molecular complexity index is 1900. The molecule has 0 saturated carbocycles. The van der Waals surface area contributed by atoms with Crippen molar-refractivity contribution in [3.63, 3.8) is 0 Å². The second-order valence-electron chi connectivity index (χ2n) is 9.66. The van der Waals surface area contributed by atoms with Crippen molar-refractivity contribution in [1.82, 2.24) is 34.3 Å². The molecular weight excluding hydrogens is 537 g/mol. The van der Waals surface area contributed by atoms with Gasteiger partial charge in [-0.25, -0.2) is 9.50 Å². The number of aromatic nitrogens is 6. The zero-order valence-corrected chi connectivity index (χ0v) is 22.8. The number of piperazine rings is 1. The van der Waals surface area contributed by atoms with Crippen LogP contribution in [0.25, 0.3) is 27.8 Å². The number of anilines is 1. The van der Waals surface area contributed by atoms with Crippen LogP contribution < -0.4 is 9.64 Å². The summed E-state index contributed by atoms with van der Waals surface area (Å²) in [7, 11) is 3.25. The number of amides is 1. The van der Waals surface area contributed by atoms with Gasteiger partial charge in [-0.1, -0.05) is 5.92 Å². The molecule has 6 heterocycles. The van der Waals surface area contributed by atoms with Crippen LogP contribution in [-0.4, -0.2) is 73.5 Å². The minimum absolute atomic E-state index is 0.0974. The van der Waals surface area contributed by atoms with E-state index in [-0.39, 0.29) is 11.8 Å². The van der Waals surface area contributed by atoms with Gasteiger partial charge in [0, 0.05) is 97.7 Å². The van der Waals surface area contributed by atoms with Gasteiger partial charge in [-0.3, -0.25) is 9.48 Å². The Morgan fingerprint density at radius 3 is 2.52 bits per heavy atom. The van der Waals surface area contributed by atoms with Crippen LogP contribution in [0.15, 0.2) is 61.3 Å². The molecule has 0 spiro atoms. The maximum atomic E-state index is 13.6. The molecule has 42 heavy (non-hydrogen) atoms. The van der Waals surface area contributed by atoms with Gasteiger partial charge in [0.25, 0.3) is 5.91 Å². The third-order valence-electron chi connectivity index (χ3n) is 7.01. The average Bonchev–Trinajstić information content (AvgIpc) is 3.65. The molecule has 0 aromatic carbocycles. The Morgan fingerprint density at radius 2 is 1.83 bits per heavy atom. The SMILES string of the molecule is COc1cc(C#CC(=O)N2CCN(c3ccc(-c4cc(-c5cnn(C)c5)cn5ncc(C#N)c45)cn3)CC2)cc(F)n1. The van der Waals surface area contributed by atoms with Crippen LogP contribution in [0.2, 0.25) is 0 Å². The van der Waals surface area contributed by atoms with Gasteiger partial charge in [-0.05, 0) is 18.2 Å². The number of methoxy groups -OCH3 is 1. The predicted octanol–water partition coefficient (Wildman–Crippen LogP) is 2.91. The Balaban J connectivity index is 1.18. The molecule has 5 aromatic rings. The number of aryl methyl sites for hydroxylation is 1. The van der Waals surface area contributed by atoms with E-state index in [1.807, 2.05) is 37.6 Å². The van der Waals surface area contributed by atoms with Crippen molar-refractivity contribution in [2.75, 3.05) is 38.2 Å². The van der Waals surface area contributed by atoms with Gasteiger partial charge in [0.15, 0.2) is 0 Å². The van der Waals surface area contributed by atoms with E-state index in [9.17, 15) is 14.4 Å². The smallest absolute Gasteiger partial charge is 0.298 e. The van der Waals surface area contributed by atoms with E-state index in [2.05, 4.69) is 38.0 Å². The van der Waals surface area contributed by atoms with E-state index in [1.54, 1.807) is 32.7 Å². The maximum Gasteiger partial charge on any atom is 0.298 e. The lowest BCUT2D eigenvalue weighted by atomic mass is 10.0. The second kappa shape index (κ2) is 11.0. The largest absolute Gasteiger partial charge is 0.481 e. The molecule has 0 bridgehead atoms. The van der Waals surface area contributed by atoms with Gasteiger partial charge in [0.1, 0.15) is 11.9 Å². The van der Waals surface area contributed by atoms with Crippen LogP contribution in [0, 0.1) is 29.1 Å². The van der Waals surface area contributed by atoms with Crippen molar-refractivity contribution < 1.29 is 13.9 Å². The van der Waals surface area contributed by atoms with Crippen LogP contribution in [0.1, 0.15) is 11.1 Å². The number of nitriles is 1. The molecule has 0 N–H and O–H groups in total. The Labute approximate surface area is 240 Å². The fourth-order valence-electron chi connectivity index (χ4n) is 4.88. The van der Waals surface area contributed by atoms with Gasteiger partial charge >= 0.3 is 0 Å². The number of carbonyl (C=O) groups excluding carboxylic acids is 1. The predicted molar refractivity (Wildman–Crippen MR) is 152 cm³/mol. The van der Waals surface area contributed by atoms with E-state index in [1.165, 1.54) is 13.2 Å². The summed E-state index contributed by atoms with van der Waals surface area (Å²) in [6.07, 6.45) is 8.94. The molecule has 1 fully saturated rings. The highest BCUT2D eigenvalue weighted by Gasteiger charge is 2.21. The van der Waals surface area contributed by atoms with Crippen molar-refractivity contribution in [1.29, 1.82) is 5.26 Å². The summed E-state index contributed by atoms with van der Waals surface area (Å²) in [5.41, 5.74) is 5.04. The lowest BCUT2D eigenvalue weighted by Crippen LogP contribution is -2.48. The Kier molecular flexibility index (Phi) is 6.95. The van der Waals surface area contributed by atoms with Crippen molar-refractivity contribution in [2.24, 2.45) is 7.05 Å². The van der Waals surface area contributed by atoms with E-state index in [0.717, 1.165) is 34.1 Å². The first-order valence-corrected chi connectivity index (χ1v) is 13.1. The molecule has 1 aliphatic rings. The van der Waals surface area contributed by atoms with E-state index >= 15 is 0 Å². The van der Waals surface area contributed by atoms with Crippen molar-refractivity contribution in [2.45, 2.75) is 0 Å². The number of hydrogen-bond donors (Lipinski definition) is 0. The fourth-order valence-corrected chi connectivity index (χ4v) is 4.88. The molecule has 0 unspecified atom stereocenters. The molecule has 1 aliphatic heterocycles. The van der Waals surface area contributed by atoms with Crippen LogP contribution in [0.5, 0.6) is 5.88 Å². The lowest BCUT2D eigenvalue weighted by Gasteiger charge is -2.34. The summed E-state index contributed by atoms with van der Waals surface area (Å²) in [5.74, 6) is 5.11. The van der Waals surface area contributed by atoms with Gasteiger partial charge in [-0.15, -0.1) is 0 Å². The highest BCUT2D eigenvalue weighted by atomic mass is 19.1. The molecule has 1 amide bonds. The lowest BCUT2D eigenvalue weighted by molar-refractivity contribution is -0.125. The third kappa shape index (κ3) is 5.21. The van der Waals surface area contributed by atoms with Crippen LogP contribution >= 0.6 is 0 Å². The summed E-state index contributed by atoms with van der Waals surface area (Å²) >= 11 is 0. The highest BCUT2D eigenvalue weighted by molar-refractivity contribution is 5.94. The van der Waals surface area contributed by atoms with E-state index in [4.69, 9.17) is 9.72 Å². The zero-order chi connectivity index (χ0) is 29.2. The number of halogens is 1. The maximum absolute atomic E-state index is 13.6. The molecule has 0 aliphatic carbocycles. The first kappa shape index (κ1) is 26.5. The summed E-state index contributed by atoms with van der Waals surface area (Å²) in [5, 5.41) is 18.4. The minimum Gasteiger partial charge on any atom is -0.481 e. The molecule has 11 nitrogen and oxygen atoms in total. The second-order valence-corrected chi connectivity index (χ2v) is 9.66. The monoisotopic (exact) mass is 561 g/mol. The minimum atomic E-state index is -0.723. The summed E-state index contributed by atoms with van der Waals surface area (Å²) < 4.78 is 22.0. The standard InChI is InChI=1S/C30H24FN9O2/c1-37-18-24(17-34-37)22-13-25(30-23(14-32)16-35-40(30)19-22)21-4-5-27(33-15-21)38-7-9-39(10-8-38)29(41)6-3-20-11-26(31)36-28(12-20)42-2/h4-5,11-13,15-19H,7-10H2,1-2H3. The zero-order valence-electron chi connectivity index (χ0n) is 22.8. The van der Waals surface area contributed by atoms with Gasteiger partial charge in [0.05, 0.1) is 30.6 Å². The van der Waals surface area contributed by atoms with Crippen molar-refractivity contribution in [3.8, 4) is 46.0 Å². The Morgan fingerprint density at radius 1 is 1.00 bits per heavy atom. The molecular formula is C30H24FN9O2. The number of hydrogen-bond acceptors (Lipinski definition) is 8. The van der Waals surface area contributed by atoms with Gasteiger partial charge < -0.3 is 14.5 Å². The molecule has 0 radical (unpaired) electrons. The first-order valence-electron chi connectivity index (χ1n) is 13.1. The summed E-state index contributed by atoms with van der Waals surface area (Å²) in [6.45, 7) is 2.11.